The molecular formula is C15H17NO2. The van der Waals surface area contributed by atoms with Gasteiger partial charge in [-0.05, 0) is 36.2 Å². The predicted octanol–water partition coefficient (Wildman–Crippen LogP) is 3.21. The van der Waals surface area contributed by atoms with Gasteiger partial charge in [0.2, 0.25) is 0 Å². The van der Waals surface area contributed by atoms with Gasteiger partial charge in [0.25, 0.3) is 0 Å². The van der Waals surface area contributed by atoms with Gasteiger partial charge in [-0.3, -0.25) is 4.98 Å². The topological polar surface area (TPSA) is 31.4 Å². The van der Waals surface area contributed by atoms with Gasteiger partial charge in [-0.15, -0.1) is 0 Å². The molecule has 0 bridgehead atoms. The molecule has 0 N–H and O–H groups in total. The van der Waals surface area contributed by atoms with Crippen LogP contribution in [0.4, 0.5) is 0 Å². The summed E-state index contributed by atoms with van der Waals surface area (Å²) in [5, 5.41) is 0. The summed E-state index contributed by atoms with van der Waals surface area (Å²) in [5.41, 5.74) is 4.47. The van der Waals surface area contributed by atoms with Crippen LogP contribution in [0.5, 0.6) is 5.75 Å². The monoisotopic (exact) mass is 243 g/mol. The molecule has 1 aromatic heterocycles. The summed E-state index contributed by atoms with van der Waals surface area (Å²) in [6.45, 7) is 2.73. The van der Waals surface area contributed by atoms with E-state index < -0.39 is 0 Å². The van der Waals surface area contributed by atoms with E-state index in [1.807, 2.05) is 12.1 Å². The fourth-order valence-corrected chi connectivity index (χ4v) is 1.84. The summed E-state index contributed by atoms with van der Waals surface area (Å²) in [6, 6.07) is 10.2. The van der Waals surface area contributed by atoms with Crippen LogP contribution in [0.3, 0.4) is 0 Å². The van der Waals surface area contributed by atoms with Crippen molar-refractivity contribution in [3.05, 3.63) is 47.7 Å². The molecule has 0 aliphatic carbocycles. The Labute approximate surface area is 107 Å². The Morgan fingerprint density at radius 2 is 1.94 bits per heavy atom. The maximum absolute atomic E-state index is 5.15. The number of pyridine rings is 1. The predicted molar refractivity (Wildman–Crippen MR) is 71.7 cm³/mol. The van der Waals surface area contributed by atoms with E-state index in [1.54, 1.807) is 20.4 Å². The van der Waals surface area contributed by atoms with Crippen LogP contribution >= 0.6 is 0 Å². The van der Waals surface area contributed by atoms with Gasteiger partial charge in [-0.1, -0.05) is 12.1 Å². The van der Waals surface area contributed by atoms with Crippen molar-refractivity contribution in [3.8, 4) is 17.0 Å². The van der Waals surface area contributed by atoms with Gasteiger partial charge in [0.05, 0.1) is 25.6 Å². The zero-order valence-electron chi connectivity index (χ0n) is 10.9. The average Bonchev–Trinajstić information content (AvgIpc) is 2.41. The molecule has 2 rings (SSSR count). The summed E-state index contributed by atoms with van der Waals surface area (Å²) < 4.78 is 10.3. The van der Waals surface area contributed by atoms with E-state index in [2.05, 4.69) is 30.1 Å². The Morgan fingerprint density at radius 3 is 2.50 bits per heavy atom. The molecule has 2 aromatic rings. The number of aromatic nitrogens is 1. The maximum Gasteiger partial charge on any atom is 0.137 e. The van der Waals surface area contributed by atoms with Gasteiger partial charge in [0.1, 0.15) is 5.75 Å². The Balaban J connectivity index is 2.30. The summed E-state index contributed by atoms with van der Waals surface area (Å²) in [6.07, 6.45) is 1.73. The second kappa shape index (κ2) is 5.65. The number of methoxy groups -OCH3 is 2. The second-order valence-electron chi connectivity index (χ2n) is 4.16. The average molecular weight is 243 g/mol. The highest BCUT2D eigenvalue weighted by Gasteiger charge is 2.03. The van der Waals surface area contributed by atoms with Crippen molar-refractivity contribution in [2.75, 3.05) is 14.2 Å². The number of hydrogen-bond acceptors (Lipinski definition) is 3. The van der Waals surface area contributed by atoms with Crippen molar-refractivity contribution in [1.29, 1.82) is 0 Å². The van der Waals surface area contributed by atoms with Crippen LogP contribution in [0.25, 0.3) is 11.3 Å². The van der Waals surface area contributed by atoms with Gasteiger partial charge in [-0.25, -0.2) is 0 Å². The molecule has 3 nitrogen and oxygen atoms in total. The number of nitrogens with zero attached hydrogens (tertiary/aromatic N) is 1. The normalized spacial score (nSPS) is 10.4. The van der Waals surface area contributed by atoms with E-state index in [1.165, 1.54) is 11.1 Å². The molecule has 1 aromatic carbocycles. The second-order valence-corrected chi connectivity index (χ2v) is 4.16. The zero-order chi connectivity index (χ0) is 13.0. The molecule has 0 radical (unpaired) electrons. The highest BCUT2D eigenvalue weighted by atomic mass is 16.5. The lowest BCUT2D eigenvalue weighted by Gasteiger charge is -2.08. The van der Waals surface area contributed by atoms with Crippen molar-refractivity contribution in [2.24, 2.45) is 0 Å². The van der Waals surface area contributed by atoms with Crippen molar-refractivity contribution in [3.63, 3.8) is 0 Å². The minimum Gasteiger partial charge on any atom is -0.495 e. The SMILES string of the molecule is COCc1ccc(-c2ccc(OC)cn2)cc1C. The standard InChI is InChI=1S/C15H17NO2/c1-11-8-12(4-5-13(11)10-17-2)15-7-6-14(18-3)9-16-15/h4-9H,10H2,1-3H3. The van der Waals surface area contributed by atoms with Gasteiger partial charge >= 0.3 is 0 Å². The highest BCUT2D eigenvalue weighted by Crippen LogP contribution is 2.22. The lowest BCUT2D eigenvalue weighted by atomic mass is 10.0. The Bertz CT molecular complexity index is 521. The Hall–Kier alpha value is -1.87. The van der Waals surface area contributed by atoms with E-state index in [9.17, 15) is 0 Å². The molecule has 3 heteroatoms. The number of aryl methyl sites for hydroxylation is 1. The third-order valence-electron chi connectivity index (χ3n) is 2.91. The summed E-state index contributed by atoms with van der Waals surface area (Å²) in [7, 11) is 3.35. The van der Waals surface area contributed by atoms with E-state index in [0.717, 1.165) is 17.0 Å². The lowest BCUT2D eigenvalue weighted by Crippen LogP contribution is -1.93. The van der Waals surface area contributed by atoms with Gasteiger partial charge in [-0.2, -0.15) is 0 Å². The molecular weight excluding hydrogens is 226 g/mol. The quantitative estimate of drug-likeness (QED) is 0.826. The van der Waals surface area contributed by atoms with Crippen LogP contribution < -0.4 is 4.74 Å². The smallest absolute Gasteiger partial charge is 0.137 e. The molecule has 0 fully saturated rings. The lowest BCUT2D eigenvalue weighted by molar-refractivity contribution is 0.184. The minimum absolute atomic E-state index is 0.641. The van der Waals surface area contributed by atoms with Crippen LogP contribution in [0, 0.1) is 6.92 Å². The number of hydrogen-bond donors (Lipinski definition) is 0. The molecule has 0 saturated heterocycles. The Kier molecular flexibility index (Phi) is 3.95. The summed E-state index contributed by atoms with van der Waals surface area (Å²) in [5.74, 6) is 0.770. The van der Waals surface area contributed by atoms with Crippen molar-refractivity contribution >= 4 is 0 Å². The minimum atomic E-state index is 0.641. The molecule has 0 saturated carbocycles. The van der Waals surface area contributed by atoms with E-state index in [-0.39, 0.29) is 0 Å². The Morgan fingerprint density at radius 1 is 1.11 bits per heavy atom. The zero-order valence-corrected chi connectivity index (χ0v) is 10.9. The van der Waals surface area contributed by atoms with E-state index in [0.29, 0.717) is 6.61 Å². The number of benzene rings is 1. The van der Waals surface area contributed by atoms with Crippen molar-refractivity contribution in [2.45, 2.75) is 13.5 Å². The molecule has 18 heavy (non-hydrogen) atoms. The first-order chi connectivity index (χ1) is 8.74. The first-order valence-corrected chi connectivity index (χ1v) is 5.83. The fourth-order valence-electron chi connectivity index (χ4n) is 1.84. The van der Waals surface area contributed by atoms with Crippen molar-refractivity contribution < 1.29 is 9.47 Å². The fraction of sp³-hybridized carbons (Fsp3) is 0.267. The molecule has 0 atom stereocenters. The van der Waals surface area contributed by atoms with Gasteiger partial charge < -0.3 is 9.47 Å². The maximum atomic E-state index is 5.15. The van der Waals surface area contributed by atoms with E-state index in [4.69, 9.17) is 9.47 Å². The van der Waals surface area contributed by atoms with Gasteiger partial charge in [0, 0.05) is 12.7 Å². The first-order valence-electron chi connectivity index (χ1n) is 5.83. The molecule has 0 spiro atoms. The molecule has 0 unspecified atom stereocenters. The number of ether oxygens (including phenoxy) is 2. The molecule has 0 aliphatic heterocycles. The third-order valence-corrected chi connectivity index (χ3v) is 2.91. The molecule has 0 aliphatic rings. The highest BCUT2D eigenvalue weighted by molar-refractivity contribution is 5.61. The summed E-state index contributed by atoms with van der Waals surface area (Å²) in [4.78, 5) is 4.38. The van der Waals surface area contributed by atoms with Crippen LogP contribution in [-0.2, 0) is 11.3 Å². The summed E-state index contributed by atoms with van der Waals surface area (Å²) >= 11 is 0. The third kappa shape index (κ3) is 2.68. The van der Waals surface area contributed by atoms with Crippen molar-refractivity contribution in [1.82, 2.24) is 4.98 Å². The van der Waals surface area contributed by atoms with Crippen LogP contribution in [0.2, 0.25) is 0 Å². The molecule has 1 heterocycles. The van der Waals surface area contributed by atoms with Crippen LogP contribution in [0.15, 0.2) is 36.5 Å². The number of rotatable bonds is 4. The van der Waals surface area contributed by atoms with Crippen LogP contribution in [0.1, 0.15) is 11.1 Å². The molecule has 0 amide bonds. The first kappa shape index (κ1) is 12.6. The van der Waals surface area contributed by atoms with Gasteiger partial charge in [0.15, 0.2) is 0 Å². The van der Waals surface area contributed by atoms with E-state index >= 15 is 0 Å². The largest absolute Gasteiger partial charge is 0.495 e. The molecule has 94 valence electrons. The van der Waals surface area contributed by atoms with Crippen LogP contribution in [-0.4, -0.2) is 19.2 Å².